The van der Waals surface area contributed by atoms with Crippen molar-refractivity contribution in [2.45, 2.75) is 38.6 Å². The lowest BCUT2D eigenvalue weighted by molar-refractivity contribution is -0.123. The molecule has 0 atom stereocenters. The van der Waals surface area contributed by atoms with Crippen molar-refractivity contribution in [1.29, 1.82) is 0 Å². The standard InChI is InChI=1S/C14H26N2O2/c1-3-8-16(9-10-17)11-14(18)15-13-6-4-12(2)5-7-13/h3,12-13,17H,1,4-11H2,2H3,(H,15,18). The van der Waals surface area contributed by atoms with Gasteiger partial charge in [0.05, 0.1) is 13.2 Å². The van der Waals surface area contributed by atoms with Crippen molar-refractivity contribution in [3.05, 3.63) is 12.7 Å². The fourth-order valence-corrected chi connectivity index (χ4v) is 2.44. The van der Waals surface area contributed by atoms with Gasteiger partial charge in [0.1, 0.15) is 0 Å². The van der Waals surface area contributed by atoms with Gasteiger partial charge in [-0.05, 0) is 31.6 Å². The molecule has 4 heteroatoms. The zero-order chi connectivity index (χ0) is 13.4. The van der Waals surface area contributed by atoms with Crippen LogP contribution in [0.5, 0.6) is 0 Å². The molecule has 1 rings (SSSR count). The van der Waals surface area contributed by atoms with Gasteiger partial charge in [-0.25, -0.2) is 0 Å². The molecule has 0 unspecified atom stereocenters. The summed E-state index contributed by atoms with van der Waals surface area (Å²) >= 11 is 0. The smallest absolute Gasteiger partial charge is 0.234 e. The molecule has 1 saturated carbocycles. The fraction of sp³-hybridized carbons (Fsp3) is 0.786. The van der Waals surface area contributed by atoms with Crippen molar-refractivity contribution in [3.8, 4) is 0 Å². The summed E-state index contributed by atoms with van der Waals surface area (Å²) in [6, 6.07) is 0.341. The molecule has 0 aromatic heterocycles. The number of aliphatic hydroxyl groups is 1. The predicted molar refractivity (Wildman–Crippen MR) is 73.3 cm³/mol. The largest absolute Gasteiger partial charge is 0.395 e. The van der Waals surface area contributed by atoms with E-state index < -0.39 is 0 Å². The second-order valence-electron chi connectivity index (χ2n) is 5.27. The highest BCUT2D eigenvalue weighted by molar-refractivity contribution is 5.78. The number of carbonyl (C=O) groups excluding carboxylic acids is 1. The third-order valence-corrected chi connectivity index (χ3v) is 3.55. The Bertz CT molecular complexity index is 261. The zero-order valence-electron chi connectivity index (χ0n) is 11.4. The molecule has 4 nitrogen and oxygen atoms in total. The van der Waals surface area contributed by atoms with E-state index in [1.165, 1.54) is 12.8 Å². The Labute approximate surface area is 110 Å². The van der Waals surface area contributed by atoms with Crippen molar-refractivity contribution in [1.82, 2.24) is 10.2 Å². The van der Waals surface area contributed by atoms with Gasteiger partial charge in [0, 0.05) is 19.1 Å². The van der Waals surface area contributed by atoms with Gasteiger partial charge in [-0.15, -0.1) is 6.58 Å². The normalized spacial score (nSPS) is 23.9. The first kappa shape index (κ1) is 15.2. The molecule has 104 valence electrons. The molecule has 1 fully saturated rings. The van der Waals surface area contributed by atoms with E-state index in [-0.39, 0.29) is 12.5 Å². The van der Waals surface area contributed by atoms with Gasteiger partial charge in [-0.3, -0.25) is 9.69 Å². The van der Waals surface area contributed by atoms with Gasteiger partial charge in [0.15, 0.2) is 0 Å². The van der Waals surface area contributed by atoms with E-state index in [1.54, 1.807) is 6.08 Å². The van der Waals surface area contributed by atoms with E-state index in [9.17, 15) is 4.79 Å². The van der Waals surface area contributed by atoms with Gasteiger partial charge < -0.3 is 10.4 Å². The number of hydrogen-bond donors (Lipinski definition) is 2. The van der Waals surface area contributed by atoms with Gasteiger partial charge in [0.2, 0.25) is 5.91 Å². The molecule has 0 aromatic carbocycles. The summed E-state index contributed by atoms with van der Waals surface area (Å²) in [7, 11) is 0. The Balaban J connectivity index is 2.28. The minimum Gasteiger partial charge on any atom is -0.395 e. The summed E-state index contributed by atoms with van der Waals surface area (Å²) in [5, 5.41) is 12.0. The summed E-state index contributed by atoms with van der Waals surface area (Å²) < 4.78 is 0. The highest BCUT2D eigenvalue weighted by Crippen LogP contribution is 2.23. The first-order valence-electron chi connectivity index (χ1n) is 6.89. The van der Waals surface area contributed by atoms with Gasteiger partial charge >= 0.3 is 0 Å². The van der Waals surface area contributed by atoms with E-state index in [1.807, 2.05) is 4.90 Å². The molecule has 2 N–H and O–H groups in total. The average Bonchev–Trinajstić information content (AvgIpc) is 2.33. The van der Waals surface area contributed by atoms with Crippen molar-refractivity contribution in [3.63, 3.8) is 0 Å². The molecule has 1 aliphatic rings. The SMILES string of the molecule is C=CCN(CCO)CC(=O)NC1CCC(C)CC1. The van der Waals surface area contributed by atoms with Crippen molar-refractivity contribution in [2.24, 2.45) is 5.92 Å². The Kier molecular flexibility index (Phi) is 6.98. The third kappa shape index (κ3) is 5.65. The maximum atomic E-state index is 11.9. The molecule has 18 heavy (non-hydrogen) atoms. The summed E-state index contributed by atoms with van der Waals surface area (Å²) in [6.07, 6.45) is 6.35. The molecule has 0 radical (unpaired) electrons. The van der Waals surface area contributed by atoms with Crippen LogP contribution in [0.3, 0.4) is 0 Å². The Morgan fingerprint density at radius 2 is 2.11 bits per heavy atom. The average molecular weight is 254 g/mol. The number of rotatable bonds is 7. The van der Waals surface area contributed by atoms with E-state index in [0.717, 1.165) is 18.8 Å². The van der Waals surface area contributed by atoms with Crippen LogP contribution in [0.25, 0.3) is 0 Å². The van der Waals surface area contributed by atoms with Gasteiger partial charge in [-0.2, -0.15) is 0 Å². The zero-order valence-corrected chi connectivity index (χ0v) is 11.4. The lowest BCUT2D eigenvalue weighted by atomic mass is 9.87. The first-order valence-corrected chi connectivity index (χ1v) is 6.89. The molecular weight excluding hydrogens is 228 g/mol. The Morgan fingerprint density at radius 1 is 1.44 bits per heavy atom. The monoisotopic (exact) mass is 254 g/mol. The maximum absolute atomic E-state index is 11.9. The highest BCUT2D eigenvalue weighted by atomic mass is 16.3. The molecule has 0 aliphatic heterocycles. The maximum Gasteiger partial charge on any atom is 0.234 e. The van der Waals surface area contributed by atoms with E-state index in [4.69, 9.17) is 5.11 Å². The lowest BCUT2D eigenvalue weighted by Gasteiger charge is -2.28. The van der Waals surface area contributed by atoms with Crippen LogP contribution in [0, 0.1) is 5.92 Å². The number of amides is 1. The van der Waals surface area contributed by atoms with Crippen LogP contribution in [-0.4, -0.2) is 48.2 Å². The van der Waals surface area contributed by atoms with Crippen molar-refractivity contribution in [2.75, 3.05) is 26.2 Å². The molecular formula is C14H26N2O2. The number of hydrogen-bond acceptors (Lipinski definition) is 3. The van der Waals surface area contributed by atoms with Crippen LogP contribution >= 0.6 is 0 Å². The van der Waals surface area contributed by atoms with Crippen LogP contribution in [0.1, 0.15) is 32.6 Å². The number of nitrogens with one attached hydrogen (secondary N) is 1. The second kappa shape index (κ2) is 8.27. The van der Waals surface area contributed by atoms with E-state index in [0.29, 0.717) is 25.7 Å². The molecule has 0 spiro atoms. The van der Waals surface area contributed by atoms with Crippen LogP contribution in [0.4, 0.5) is 0 Å². The van der Waals surface area contributed by atoms with Crippen LogP contribution < -0.4 is 5.32 Å². The van der Waals surface area contributed by atoms with E-state index in [2.05, 4.69) is 18.8 Å². The number of carbonyl (C=O) groups is 1. The highest BCUT2D eigenvalue weighted by Gasteiger charge is 2.20. The van der Waals surface area contributed by atoms with Crippen LogP contribution in [-0.2, 0) is 4.79 Å². The molecule has 0 heterocycles. The Hall–Kier alpha value is -0.870. The first-order chi connectivity index (χ1) is 8.65. The lowest BCUT2D eigenvalue weighted by Crippen LogP contribution is -2.44. The molecule has 1 amide bonds. The molecule has 0 aromatic rings. The van der Waals surface area contributed by atoms with Crippen molar-refractivity contribution < 1.29 is 9.90 Å². The minimum absolute atomic E-state index is 0.0600. The molecule has 0 bridgehead atoms. The summed E-state index contributed by atoms with van der Waals surface area (Å²) in [5.74, 6) is 0.856. The number of nitrogens with zero attached hydrogens (tertiary/aromatic N) is 1. The van der Waals surface area contributed by atoms with Crippen LogP contribution in [0.15, 0.2) is 12.7 Å². The predicted octanol–water partition coefficient (Wildman–Crippen LogP) is 1.16. The quantitative estimate of drug-likeness (QED) is 0.670. The third-order valence-electron chi connectivity index (χ3n) is 3.55. The molecule has 0 saturated heterocycles. The van der Waals surface area contributed by atoms with Crippen LogP contribution in [0.2, 0.25) is 0 Å². The van der Waals surface area contributed by atoms with Gasteiger partial charge in [-0.1, -0.05) is 13.0 Å². The topological polar surface area (TPSA) is 52.6 Å². The fourth-order valence-electron chi connectivity index (χ4n) is 2.44. The minimum atomic E-state index is 0.0600. The second-order valence-corrected chi connectivity index (χ2v) is 5.27. The summed E-state index contributed by atoms with van der Waals surface area (Å²) in [5.41, 5.74) is 0. The van der Waals surface area contributed by atoms with E-state index >= 15 is 0 Å². The Morgan fingerprint density at radius 3 is 2.67 bits per heavy atom. The number of aliphatic hydroxyl groups excluding tert-OH is 1. The summed E-state index contributed by atoms with van der Waals surface area (Å²) in [4.78, 5) is 13.8. The van der Waals surface area contributed by atoms with Crippen molar-refractivity contribution >= 4 is 5.91 Å². The van der Waals surface area contributed by atoms with Gasteiger partial charge in [0.25, 0.3) is 0 Å². The molecule has 1 aliphatic carbocycles. The summed E-state index contributed by atoms with van der Waals surface area (Å²) in [6.45, 7) is 7.49.